The van der Waals surface area contributed by atoms with Crippen molar-refractivity contribution in [2.24, 2.45) is 0 Å². The first-order chi connectivity index (χ1) is 13.6. The number of benzene rings is 1. The van der Waals surface area contributed by atoms with Crippen LogP contribution in [0.25, 0.3) is 5.69 Å². The van der Waals surface area contributed by atoms with E-state index in [4.69, 9.17) is 0 Å². The standard InChI is InChI=1S/C20H22F3N5O/c1-12(2)27-18(20(21,22)23)17(11-25-27)19(29)24-10-16-13(3)26-28(14(16)4)15-8-6-5-7-9-15/h5-9,11-12H,10H2,1-4H3,(H,24,29). The van der Waals surface area contributed by atoms with E-state index < -0.39 is 29.4 Å². The molecule has 2 heterocycles. The van der Waals surface area contributed by atoms with E-state index in [1.165, 1.54) is 0 Å². The van der Waals surface area contributed by atoms with Gasteiger partial charge in [-0.1, -0.05) is 18.2 Å². The van der Waals surface area contributed by atoms with Gasteiger partial charge < -0.3 is 5.32 Å². The van der Waals surface area contributed by atoms with Gasteiger partial charge in [-0.15, -0.1) is 0 Å². The third kappa shape index (κ3) is 4.03. The van der Waals surface area contributed by atoms with Crippen LogP contribution >= 0.6 is 0 Å². The van der Waals surface area contributed by atoms with Crippen LogP contribution in [0.1, 0.15) is 52.9 Å². The van der Waals surface area contributed by atoms with E-state index in [1.807, 2.05) is 37.3 Å². The molecule has 0 atom stereocenters. The summed E-state index contributed by atoms with van der Waals surface area (Å²) in [4.78, 5) is 12.5. The van der Waals surface area contributed by atoms with Crippen molar-refractivity contribution in [3.63, 3.8) is 0 Å². The first-order valence-electron chi connectivity index (χ1n) is 9.14. The van der Waals surface area contributed by atoms with Crippen molar-refractivity contribution in [2.45, 2.75) is 46.5 Å². The zero-order valence-electron chi connectivity index (χ0n) is 16.6. The summed E-state index contributed by atoms with van der Waals surface area (Å²) in [5.41, 5.74) is 1.59. The highest BCUT2D eigenvalue weighted by Gasteiger charge is 2.40. The van der Waals surface area contributed by atoms with Crippen LogP contribution in [-0.4, -0.2) is 25.5 Å². The highest BCUT2D eigenvalue weighted by molar-refractivity contribution is 5.95. The molecular formula is C20H22F3N5O. The minimum atomic E-state index is -4.68. The number of rotatable bonds is 5. The first-order valence-corrected chi connectivity index (χ1v) is 9.14. The molecule has 1 amide bonds. The number of halogens is 3. The number of carbonyl (C=O) groups is 1. The quantitative estimate of drug-likeness (QED) is 0.691. The molecule has 0 saturated heterocycles. The average molecular weight is 405 g/mol. The van der Waals surface area contributed by atoms with Crippen LogP contribution < -0.4 is 5.32 Å². The highest BCUT2D eigenvalue weighted by atomic mass is 19.4. The minimum absolute atomic E-state index is 0.0630. The number of aryl methyl sites for hydroxylation is 1. The molecule has 0 spiro atoms. The SMILES string of the molecule is Cc1nn(-c2ccccc2)c(C)c1CNC(=O)c1cnn(C(C)C)c1C(F)(F)F. The lowest BCUT2D eigenvalue weighted by Crippen LogP contribution is -2.27. The van der Waals surface area contributed by atoms with Gasteiger partial charge in [-0.05, 0) is 39.8 Å². The predicted octanol–water partition coefficient (Wildman–Crippen LogP) is 4.22. The molecule has 1 N–H and O–H groups in total. The fourth-order valence-electron chi connectivity index (χ4n) is 3.22. The molecule has 9 heteroatoms. The third-order valence-corrected chi connectivity index (χ3v) is 4.67. The molecule has 0 radical (unpaired) electrons. The van der Waals surface area contributed by atoms with Crippen LogP contribution in [0.2, 0.25) is 0 Å². The van der Waals surface area contributed by atoms with Gasteiger partial charge in [0.1, 0.15) is 0 Å². The molecule has 0 aliphatic rings. The molecule has 2 aromatic heterocycles. The molecule has 1 aromatic carbocycles. The number of nitrogens with zero attached hydrogens (tertiary/aromatic N) is 4. The zero-order valence-corrected chi connectivity index (χ0v) is 16.6. The molecule has 0 aliphatic heterocycles. The lowest BCUT2D eigenvalue weighted by molar-refractivity contribution is -0.145. The molecule has 3 aromatic rings. The van der Waals surface area contributed by atoms with Gasteiger partial charge >= 0.3 is 6.18 Å². The van der Waals surface area contributed by atoms with Crippen molar-refractivity contribution in [1.29, 1.82) is 0 Å². The van der Waals surface area contributed by atoms with E-state index in [2.05, 4.69) is 15.5 Å². The molecule has 0 unspecified atom stereocenters. The van der Waals surface area contributed by atoms with Gasteiger partial charge in [-0.2, -0.15) is 23.4 Å². The van der Waals surface area contributed by atoms with Crippen molar-refractivity contribution in [3.8, 4) is 5.69 Å². The van der Waals surface area contributed by atoms with Gasteiger partial charge in [0.15, 0.2) is 5.69 Å². The maximum Gasteiger partial charge on any atom is 0.433 e. The first kappa shape index (κ1) is 20.6. The van der Waals surface area contributed by atoms with E-state index in [1.54, 1.807) is 25.5 Å². The molecule has 0 aliphatic carbocycles. The molecule has 29 heavy (non-hydrogen) atoms. The normalized spacial score (nSPS) is 11.9. The Labute approximate surface area is 166 Å². The number of para-hydroxylation sites is 1. The molecule has 0 fully saturated rings. The third-order valence-electron chi connectivity index (χ3n) is 4.67. The van der Waals surface area contributed by atoms with Crippen LogP contribution in [0, 0.1) is 13.8 Å². The maximum atomic E-state index is 13.5. The van der Waals surface area contributed by atoms with Crippen LogP contribution in [0.5, 0.6) is 0 Å². The van der Waals surface area contributed by atoms with Crippen molar-refractivity contribution < 1.29 is 18.0 Å². The topological polar surface area (TPSA) is 64.7 Å². The number of amides is 1. The van der Waals surface area contributed by atoms with E-state index >= 15 is 0 Å². The number of hydrogen-bond acceptors (Lipinski definition) is 3. The second-order valence-electron chi connectivity index (χ2n) is 7.02. The van der Waals surface area contributed by atoms with Gasteiger partial charge in [0.2, 0.25) is 0 Å². The Bertz CT molecular complexity index is 1020. The van der Waals surface area contributed by atoms with Gasteiger partial charge in [0.05, 0.1) is 23.1 Å². The second kappa shape index (κ2) is 7.73. The lowest BCUT2D eigenvalue weighted by Gasteiger charge is -2.15. The largest absolute Gasteiger partial charge is 0.433 e. The summed E-state index contributed by atoms with van der Waals surface area (Å²) in [6, 6.07) is 8.94. The van der Waals surface area contributed by atoms with Crippen molar-refractivity contribution >= 4 is 5.91 Å². The van der Waals surface area contributed by atoms with E-state index in [0.29, 0.717) is 5.69 Å². The molecule has 6 nitrogen and oxygen atoms in total. The zero-order chi connectivity index (χ0) is 21.3. The molecule has 154 valence electrons. The fourth-order valence-corrected chi connectivity index (χ4v) is 3.22. The number of carbonyl (C=O) groups excluding carboxylic acids is 1. The number of hydrogen-bond donors (Lipinski definition) is 1. The van der Waals surface area contributed by atoms with E-state index in [0.717, 1.165) is 27.8 Å². The lowest BCUT2D eigenvalue weighted by atomic mass is 10.1. The van der Waals surface area contributed by atoms with E-state index in [-0.39, 0.29) is 6.54 Å². The summed E-state index contributed by atoms with van der Waals surface area (Å²) in [6.07, 6.45) is -3.72. The fraction of sp³-hybridized carbons (Fsp3) is 0.350. The molecule has 0 saturated carbocycles. The summed E-state index contributed by atoms with van der Waals surface area (Å²) in [5, 5.41) is 10.8. The number of nitrogens with one attached hydrogen (secondary N) is 1. The van der Waals surface area contributed by atoms with Crippen LogP contribution in [0.3, 0.4) is 0 Å². The predicted molar refractivity (Wildman–Crippen MR) is 102 cm³/mol. The molecule has 0 bridgehead atoms. The number of alkyl halides is 3. The van der Waals surface area contributed by atoms with Gasteiger partial charge in [-0.25, -0.2) is 4.68 Å². The molecular weight excluding hydrogens is 383 g/mol. The van der Waals surface area contributed by atoms with Crippen molar-refractivity contribution in [2.75, 3.05) is 0 Å². The monoisotopic (exact) mass is 405 g/mol. The van der Waals surface area contributed by atoms with Gasteiger partial charge in [-0.3, -0.25) is 9.48 Å². The summed E-state index contributed by atoms with van der Waals surface area (Å²) in [6.45, 7) is 6.87. The summed E-state index contributed by atoms with van der Waals surface area (Å²) >= 11 is 0. The van der Waals surface area contributed by atoms with Crippen LogP contribution in [-0.2, 0) is 12.7 Å². The van der Waals surface area contributed by atoms with Crippen LogP contribution in [0.15, 0.2) is 36.5 Å². The van der Waals surface area contributed by atoms with Gasteiger partial charge in [0, 0.05) is 23.8 Å². The maximum absolute atomic E-state index is 13.5. The van der Waals surface area contributed by atoms with E-state index in [9.17, 15) is 18.0 Å². The Kier molecular flexibility index (Phi) is 5.50. The Morgan fingerprint density at radius 1 is 1.17 bits per heavy atom. The smallest absolute Gasteiger partial charge is 0.348 e. The summed E-state index contributed by atoms with van der Waals surface area (Å²) < 4.78 is 43.0. The number of aromatic nitrogens is 4. The Morgan fingerprint density at radius 3 is 2.41 bits per heavy atom. The Hall–Kier alpha value is -3.10. The Balaban J connectivity index is 1.85. The highest BCUT2D eigenvalue weighted by Crippen LogP contribution is 2.33. The van der Waals surface area contributed by atoms with Gasteiger partial charge in [0.25, 0.3) is 5.91 Å². The van der Waals surface area contributed by atoms with Crippen molar-refractivity contribution in [1.82, 2.24) is 24.9 Å². The molecule has 3 rings (SSSR count). The summed E-state index contributed by atoms with van der Waals surface area (Å²) in [5.74, 6) is -0.824. The summed E-state index contributed by atoms with van der Waals surface area (Å²) in [7, 11) is 0. The average Bonchev–Trinajstić information content (AvgIpc) is 3.23. The second-order valence-corrected chi connectivity index (χ2v) is 7.02. The minimum Gasteiger partial charge on any atom is -0.348 e. The van der Waals surface area contributed by atoms with Crippen LogP contribution in [0.4, 0.5) is 13.2 Å². The Morgan fingerprint density at radius 2 is 1.83 bits per heavy atom. The van der Waals surface area contributed by atoms with Crippen molar-refractivity contribution in [3.05, 3.63) is 64.7 Å².